The molecule has 0 aliphatic rings. The Kier molecular flexibility index (Phi) is 6.49. The summed E-state index contributed by atoms with van der Waals surface area (Å²) >= 11 is 5.96. The Morgan fingerprint density at radius 2 is 1.90 bits per heavy atom. The highest BCUT2D eigenvalue weighted by Gasteiger charge is 2.26. The van der Waals surface area contributed by atoms with Gasteiger partial charge >= 0.3 is 5.97 Å². The van der Waals surface area contributed by atoms with Crippen molar-refractivity contribution in [2.75, 3.05) is 24.5 Å². The maximum atomic E-state index is 12.4. The molecule has 21 heavy (non-hydrogen) atoms. The monoisotopic (exact) mass is 312 g/mol. The highest BCUT2D eigenvalue weighted by atomic mass is 35.5. The van der Waals surface area contributed by atoms with Crippen molar-refractivity contribution < 1.29 is 14.7 Å². The van der Waals surface area contributed by atoms with Crippen LogP contribution < -0.4 is 4.90 Å². The fourth-order valence-electron chi connectivity index (χ4n) is 2.19. The van der Waals surface area contributed by atoms with Crippen LogP contribution in [0.25, 0.3) is 0 Å². The molecule has 0 saturated carbocycles. The lowest BCUT2D eigenvalue weighted by atomic mass is 10.2. The fourth-order valence-corrected chi connectivity index (χ4v) is 2.37. The number of nitrogens with zero attached hydrogens (tertiary/aromatic N) is 2. The Morgan fingerprint density at radius 1 is 1.29 bits per heavy atom. The van der Waals surface area contributed by atoms with Crippen molar-refractivity contribution in [3.8, 4) is 0 Å². The summed E-state index contributed by atoms with van der Waals surface area (Å²) in [4.78, 5) is 26.8. The van der Waals surface area contributed by atoms with Crippen molar-refractivity contribution in [1.82, 2.24) is 4.90 Å². The van der Waals surface area contributed by atoms with E-state index in [0.717, 1.165) is 0 Å². The summed E-state index contributed by atoms with van der Waals surface area (Å²) in [7, 11) is 0. The normalized spacial score (nSPS) is 11.8. The minimum absolute atomic E-state index is 0.0961. The van der Waals surface area contributed by atoms with Crippen LogP contribution in [0.5, 0.6) is 0 Å². The molecule has 1 aromatic carbocycles. The quantitative estimate of drug-likeness (QED) is 0.840. The second kappa shape index (κ2) is 7.88. The van der Waals surface area contributed by atoms with Gasteiger partial charge in [-0.25, -0.2) is 0 Å². The lowest BCUT2D eigenvalue weighted by Gasteiger charge is -2.32. The number of carboxylic acid groups (broad SMARTS) is 1. The largest absolute Gasteiger partial charge is 0.480 e. The first-order valence-electron chi connectivity index (χ1n) is 6.93. The number of rotatable bonds is 7. The van der Waals surface area contributed by atoms with E-state index < -0.39 is 12.0 Å². The topological polar surface area (TPSA) is 60.9 Å². The number of hydrogen-bond acceptors (Lipinski definition) is 3. The van der Waals surface area contributed by atoms with E-state index in [9.17, 15) is 9.59 Å². The summed E-state index contributed by atoms with van der Waals surface area (Å²) in [5.41, 5.74) is 0.623. The van der Waals surface area contributed by atoms with E-state index in [1.165, 1.54) is 0 Å². The zero-order chi connectivity index (χ0) is 16.0. The molecule has 0 aliphatic carbocycles. The molecule has 1 rings (SSSR count). The number of carbonyl (C=O) groups is 2. The minimum atomic E-state index is -0.992. The van der Waals surface area contributed by atoms with E-state index >= 15 is 0 Å². The van der Waals surface area contributed by atoms with Crippen molar-refractivity contribution in [2.45, 2.75) is 26.8 Å². The average Bonchev–Trinajstić information content (AvgIpc) is 2.45. The minimum Gasteiger partial charge on any atom is -0.480 e. The molecule has 0 saturated heterocycles. The number of benzene rings is 1. The van der Waals surface area contributed by atoms with Crippen LogP contribution in [-0.2, 0) is 9.59 Å². The molecule has 0 bridgehead atoms. The lowest BCUT2D eigenvalue weighted by molar-refractivity contribution is -0.135. The zero-order valence-corrected chi connectivity index (χ0v) is 13.3. The van der Waals surface area contributed by atoms with Gasteiger partial charge in [0.25, 0.3) is 0 Å². The zero-order valence-electron chi connectivity index (χ0n) is 12.5. The number of anilines is 1. The van der Waals surface area contributed by atoms with Gasteiger partial charge in [0.05, 0.1) is 0 Å². The van der Waals surface area contributed by atoms with Crippen molar-refractivity contribution in [1.29, 1.82) is 0 Å². The number of halogens is 1. The third kappa shape index (κ3) is 4.63. The van der Waals surface area contributed by atoms with Gasteiger partial charge in [-0.1, -0.05) is 17.7 Å². The Morgan fingerprint density at radius 3 is 2.38 bits per heavy atom. The van der Waals surface area contributed by atoms with Gasteiger partial charge in [-0.3, -0.25) is 9.59 Å². The van der Waals surface area contributed by atoms with E-state index in [4.69, 9.17) is 16.7 Å². The van der Waals surface area contributed by atoms with Crippen LogP contribution >= 0.6 is 11.6 Å². The van der Waals surface area contributed by atoms with Crippen molar-refractivity contribution in [2.24, 2.45) is 0 Å². The Bertz CT molecular complexity index is 503. The molecule has 0 aliphatic heterocycles. The molecular formula is C15H21ClN2O3. The molecule has 0 heterocycles. The van der Waals surface area contributed by atoms with Crippen LogP contribution in [0.1, 0.15) is 20.8 Å². The maximum Gasteiger partial charge on any atom is 0.323 e. The number of likely N-dealkylation sites (N-methyl/N-ethyl adjacent to an activating group) is 1. The van der Waals surface area contributed by atoms with Crippen molar-refractivity contribution >= 4 is 29.2 Å². The van der Waals surface area contributed by atoms with Crippen LogP contribution in [0.2, 0.25) is 5.02 Å². The van der Waals surface area contributed by atoms with E-state index in [-0.39, 0.29) is 12.5 Å². The first-order valence-corrected chi connectivity index (χ1v) is 7.31. The molecule has 116 valence electrons. The van der Waals surface area contributed by atoms with Gasteiger partial charge in [-0.05, 0) is 39.0 Å². The highest BCUT2D eigenvalue weighted by Crippen LogP contribution is 2.22. The lowest BCUT2D eigenvalue weighted by Crippen LogP contribution is -2.49. The van der Waals surface area contributed by atoms with Crippen LogP contribution in [0.4, 0.5) is 5.69 Å². The number of amides is 1. The molecule has 0 spiro atoms. The Balaban J connectivity index is 3.07. The van der Waals surface area contributed by atoms with E-state index in [1.54, 1.807) is 41.0 Å². The summed E-state index contributed by atoms with van der Waals surface area (Å²) in [5.74, 6) is -1.09. The van der Waals surface area contributed by atoms with Crippen molar-refractivity contribution in [3.63, 3.8) is 0 Å². The average molecular weight is 313 g/mol. The molecule has 1 N–H and O–H groups in total. The molecule has 1 unspecified atom stereocenters. The second-order valence-electron chi connectivity index (χ2n) is 4.69. The molecular weight excluding hydrogens is 292 g/mol. The summed E-state index contributed by atoms with van der Waals surface area (Å²) in [5, 5.41) is 9.60. The van der Waals surface area contributed by atoms with E-state index in [1.807, 2.05) is 13.8 Å². The van der Waals surface area contributed by atoms with Gasteiger partial charge in [0, 0.05) is 23.8 Å². The van der Waals surface area contributed by atoms with Gasteiger partial charge in [-0.2, -0.15) is 0 Å². The predicted molar refractivity (Wildman–Crippen MR) is 83.8 cm³/mol. The fraction of sp³-hybridized carbons (Fsp3) is 0.467. The first-order chi connectivity index (χ1) is 9.90. The molecule has 6 heteroatoms. The van der Waals surface area contributed by atoms with Crippen LogP contribution in [-0.4, -0.2) is 47.6 Å². The maximum absolute atomic E-state index is 12.4. The first kappa shape index (κ1) is 17.3. The van der Waals surface area contributed by atoms with E-state index in [0.29, 0.717) is 23.8 Å². The van der Waals surface area contributed by atoms with Gasteiger partial charge < -0.3 is 14.9 Å². The van der Waals surface area contributed by atoms with Crippen LogP contribution in [0.3, 0.4) is 0 Å². The summed E-state index contributed by atoms with van der Waals surface area (Å²) in [6.45, 7) is 6.44. The van der Waals surface area contributed by atoms with Crippen LogP contribution in [0, 0.1) is 0 Å². The standard InChI is InChI=1S/C15H21ClN2O3/c1-4-17(5-2)15(21)11(3)18(10-14(19)20)13-8-6-7-12(16)9-13/h6-9,11H,4-5,10H2,1-3H3,(H,19,20). The number of carbonyl (C=O) groups excluding carboxylic acids is 1. The molecule has 0 radical (unpaired) electrons. The van der Waals surface area contributed by atoms with Gasteiger partial charge in [0.15, 0.2) is 0 Å². The third-order valence-electron chi connectivity index (χ3n) is 3.35. The Labute approximate surface area is 130 Å². The van der Waals surface area contributed by atoms with Gasteiger partial charge in [-0.15, -0.1) is 0 Å². The van der Waals surface area contributed by atoms with Crippen LogP contribution in [0.15, 0.2) is 24.3 Å². The molecule has 1 atom stereocenters. The molecule has 0 aromatic heterocycles. The molecule has 1 amide bonds. The van der Waals surface area contributed by atoms with Gasteiger partial charge in [0.1, 0.15) is 12.6 Å². The molecule has 1 aromatic rings. The highest BCUT2D eigenvalue weighted by molar-refractivity contribution is 6.30. The summed E-state index contributed by atoms with van der Waals surface area (Å²) in [6.07, 6.45) is 0. The van der Waals surface area contributed by atoms with Crippen molar-refractivity contribution in [3.05, 3.63) is 29.3 Å². The second-order valence-corrected chi connectivity index (χ2v) is 5.12. The summed E-state index contributed by atoms with van der Waals surface area (Å²) < 4.78 is 0. The number of hydrogen-bond donors (Lipinski definition) is 1. The SMILES string of the molecule is CCN(CC)C(=O)C(C)N(CC(=O)O)c1cccc(Cl)c1. The predicted octanol–water partition coefficient (Wildman–Crippen LogP) is 2.49. The van der Waals surface area contributed by atoms with Gasteiger partial charge in [0.2, 0.25) is 5.91 Å². The third-order valence-corrected chi connectivity index (χ3v) is 3.58. The van der Waals surface area contributed by atoms with E-state index in [2.05, 4.69) is 0 Å². The molecule has 5 nitrogen and oxygen atoms in total. The molecule has 0 fully saturated rings. The summed E-state index contributed by atoms with van der Waals surface area (Å²) in [6, 6.07) is 6.29. The Hall–Kier alpha value is -1.75. The number of aliphatic carboxylic acids is 1. The smallest absolute Gasteiger partial charge is 0.323 e. The number of carboxylic acids is 1.